The van der Waals surface area contributed by atoms with Gasteiger partial charge in [-0.25, -0.2) is 9.79 Å². The number of aliphatic imine (C=N–C) groups is 2. The summed E-state index contributed by atoms with van der Waals surface area (Å²) in [6.07, 6.45) is 1.72. The minimum atomic E-state index is -0.487. The Morgan fingerprint density at radius 1 is 1.19 bits per heavy atom. The van der Waals surface area contributed by atoms with Crippen molar-refractivity contribution in [2.75, 3.05) is 13.1 Å². The number of amides is 1. The van der Waals surface area contributed by atoms with Gasteiger partial charge < -0.3 is 26.8 Å². The van der Waals surface area contributed by atoms with Crippen molar-refractivity contribution < 1.29 is 9.53 Å². The summed E-state index contributed by atoms with van der Waals surface area (Å²) in [5.41, 5.74) is 17.5. The summed E-state index contributed by atoms with van der Waals surface area (Å²) in [4.78, 5) is 21.9. The number of ether oxygens (including phenoxy) is 1. The van der Waals surface area contributed by atoms with Gasteiger partial charge in [-0.3, -0.25) is 0 Å². The number of carbonyl (C=O) groups is 1. The van der Waals surface area contributed by atoms with Gasteiger partial charge in [0, 0.05) is 19.0 Å². The summed E-state index contributed by atoms with van der Waals surface area (Å²) in [7, 11) is 0. The minimum absolute atomic E-state index is 0.00603. The van der Waals surface area contributed by atoms with Crippen LogP contribution in [0.4, 0.5) is 10.5 Å². The molecule has 1 aromatic rings. The smallest absolute Gasteiger partial charge is 0.410 e. The van der Waals surface area contributed by atoms with E-state index in [0.29, 0.717) is 12.2 Å². The third kappa shape index (κ3) is 5.94. The molecule has 1 atom stereocenters. The summed E-state index contributed by atoms with van der Waals surface area (Å²) in [6.45, 7) is 7.00. The van der Waals surface area contributed by atoms with Crippen LogP contribution in [0.2, 0.25) is 0 Å². The van der Waals surface area contributed by atoms with E-state index in [1.54, 1.807) is 4.90 Å². The number of likely N-dealkylation sites (tertiary alicyclic amines) is 1. The number of nitrogens with zero attached hydrogens (tertiary/aromatic N) is 3. The molecule has 8 nitrogen and oxygen atoms in total. The second kappa shape index (κ2) is 8.07. The molecule has 1 unspecified atom stereocenters. The van der Waals surface area contributed by atoms with Gasteiger partial charge in [0.05, 0.1) is 5.69 Å². The lowest BCUT2D eigenvalue weighted by Crippen LogP contribution is -2.42. The molecule has 142 valence electrons. The molecule has 8 heteroatoms. The van der Waals surface area contributed by atoms with Crippen molar-refractivity contribution in [1.29, 1.82) is 0 Å². The first kappa shape index (κ1) is 19.6. The van der Waals surface area contributed by atoms with Crippen LogP contribution in [0.1, 0.15) is 45.1 Å². The third-order valence-corrected chi connectivity index (χ3v) is 3.92. The van der Waals surface area contributed by atoms with Gasteiger partial charge in [-0.15, -0.1) is 0 Å². The van der Waals surface area contributed by atoms with E-state index in [1.165, 1.54) is 0 Å². The van der Waals surface area contributed by atoms with Crippen molar-refractivity contribution in [3.8, 4) is 0 Å². The lowest BCUT2D eigenvalue weighted by Gasteiger charge is -2.34. The molecule has 1 amide bonds. The minimum Gasteiger partial charge on any atom is -0.444 e. The van der Waals surface area contributed by atoms with Crippen LogP contribution in [0.15, 0.2) is 34.3 Å². The highest BCUT2D eigenvalue weighted by Crippen LogP contribution is 2.29. The van der Waals surface area contributed by atoms with Gasteiger partial charge in [0.15, 0.2) is 5.96 Å². The van der Waals surface area contributed by atoms with Crippen molar-refractivity contribution in [3.05, 3.63) is 29.8 Å². The van der Waals surface area contributed by atoms with E-state index in [2.05, 4.69) is 9.98 Å². The SMILES string of the molecule is CC(C)(C)OC(=O)N1CCCC(c2ccc(N=C(N)N=C(N)N)cc2)C1. The Kier molecular flexibility index (Phi) is 6.07. The summed E-state index contributed by atoms with van der Waals surface area (Å²) >= 11 is 0. The number of piperidine rings is 1. The molecule has 26 heavy (non-hydrogen) atoms. The van der Waals surface area contributed by atoms with Crippen molar-refractivity contribution in [2.24, 2.45) is 27.2 Å². The summed E-state index contributed by atoms with van der Waals surface area (Å²) < 4.78 is 5.48. The first-order valence-electron chi connectivity index (χ1n) is 8.66. The first-order valence-corrected chi connectivity index (χ1v) is 8.66. The predicted octanol–water partition coefficient (Wildman–Crippen LogP) is 2.02. The van der Waals surface area contributed by atoms with Crippen LogP contribution < -0.4 is 17.2 Å². The van der Waals surface area contributed by atoms with Gasteiger partial charge in [0.2, 0.25) is 5.96 Å². The second-order valence-corrected chi connectivity index (χ2v) is 7.36. The van der Waals surface area contributed by atoms with Crippen molar-refractivity contribution in [3.63, 3.8) is 0 Å². The molecule has 1 aromatic carbocycles. The van der Waals surface area contributed by atoms with E-state index in [0.717, 1.165) is 24.9 Å². The van der Waals surface area contributed by atoms with Crippen LogP contribution in [-0.4, -0.2) is 41.6 Å². The number of nitrogens with two attached hydrogens (primary N) is 3. The average Bonchev–Trinajstić information content (AvgIpc) is 2.53. The molecule has 0 bridgehead atoms. The molecule has 1 aliphatic heterocycles. The molecule has 0 radical (unpaired) electrons. The molecular weight excluding hydrogens is 332 g/mol. The lowest BCUT2D eigenvalue weighted by molar-refractivity contribution is 0.0198. The highest BCUT2D eigenvalue weighted by molar-refractivity contribution is 5.93. The van der Waals surface area contributed by atoms with E-state index in [1.807, 2.05) is 45.0 Å². The molecule has 0 aromatic heterocycles. The second-order valence-electron chi connectivity index (χ2n) is 7.36. The van der Waals surface area contributed by atoms with E-state index in [-0.39, 0.29) is 23.9 Å². The Morgan fingerprint density at radius 2 is 1.85 bits per heavy atom. The van der Waals surface area contributed by atoms with Crippen LogP contribution in [-0.2, 0) is 4.74 Å². The number of benzene rings is 1. The summed E-state index contributed by atoms with van der Waals surface area (Å²) in [6, 6.07) is 7.70. The normalized spacial score (nSPS) is 18.3. The molecular formula is C18H28N6O2. The Morgan fingerprint density at radius 3 is 2.42 bits per heavy atom. The maximum Gasteiger partial charge on any atom is 0.410 e. The zero-order valence-electron chi connectivity index (χ0n) is 15.6. The fourth-order valence-electron chi connectivity index (χ4n) is 2.85. The molecule has 0 saturated carbocycles. The first-order chi connectivity index (χ1) is 12.1. The molecule has 1 aliphatic rings. The van der Waals surface area contributed by atoms with E-state index in [4.69, 9.17) is 21.9 Å². The van der Waals surface area contributed by atoms with Crippen LogP contribution >= 0.6 is 0 Å². The predicted molar refractivity (Wildman–Crippen MR) is 103 cm³/mol. The standard InChI is InChI=1S/C18H28N6O2/c1-18(2,3)26-17(25)24-10-4-5-13(11-24)12-6-8-14(9-7-12)22-16(21)23-15(19)20/h6-9,13H,4-5,10-11H2,1-3H3,(H6,19,20,21,22,23). The number of rotatable bonds is 2. The van der Waals surface area contributed by atoms with Crippen LogP contribution in [0.25, 0.3) is 0 Å². The van der Waals surface area contributed by atoms with Gasteiger partial charge >= 0.3 is 6.09 Å². The molecule has 1 fully saturated rings. The maximum absolute atomic E-state index is 12.3. The molecule has 1 heterocycles. The third-order valence-electron chi connectivity index (χ3n) is 3.92. The molecule has 0 aliphatic carbocycles. The Balaban J connectivity index is 2.04. The molecule has 0 spiro atoms. The Bertz CT molecular complexity index is 687. The highest BCUT2D eigenvalue weighted by atomic mass is 16.6. The van der Waals surface area contributed by atoms with E-state index >= 15 is 0 Å². The van der Waals surface area contributed by atoms with Crippen LogP contribution in [0.5, 0.6) is 0 Å². The Hall–Kier alpha value is -2.77. The van der Waals surface area contributed by atoms with Crippen molar-refractivity contribution in [2.45, 2.75) is 45.1 Å². The van der Waals surface area contributed by atoms with Crippen molar-refractivity contribution >= 4 is 23.7 Å². The van der Waals surface area contributed by atoms with Gasteiger partial charge in [0.25, 0.3) is 0 Å². The number of carbonyl (C=O) groups excluding carboxylic acids is 1. The van der Waals surface area contributed by atoms with Gasteiger partial charge in [0.1, 0.15) is 5.60 Å². The monoisotopic (exact) mass is 360 g/mol. The van der Waals surface area contributed by atoms with E-state index < -0.39 is 5.60 Å². The maximum atomic E-state index is 12.3. The molecule has 2 rings (SSSR count). The fourth-order valence-corrected chi connectivity index (χ4v) is 2.85. The van der Waals surface area contributed by atoms with Crippen LogP contribution in [0.3, 0.4) is 0 Å². The number of hydrogen-bond donors (Lipinski definition) is 3. The number of guanidine groups is 2. The fraction of sp³-hybridized carbons (Fsp3) is 0.500. The average molecular weight is 360 g/mol. The van der Waals surface area contributed by atoms with E-state index in [9.17, 15) is 4.79 Å². The largest absolute Gasteiger partial charge is 0.444 e. The molecule has 6 N–H and O–H groups in total. The number of hydrogen-bond acceptors (Lipinski definition) is 3. The Labute approximate surface area is 154 Å². The van der Waals surface area contributed by atoms with Crippen molar-refractivity contribution in [1.82, 2.24) is 4.90 Å². The van der Waals surface area contributed by atoms with Gasteiger partial charge in [-0.05, 0) is 51.3 Å². The summed E-state index contributed by atoms with van der Waals surface area (Å²) in [5.74, 6) is 0.142. The zero-order valence-corrected chi connectivity index (χ0v) is 15.6. The quantitative estimate of drug-likeness (QED) is 0.548. The van der Waals surface area contributed by atoms with Crippen LogP contribution in [0, 0.1) is 0 Å². The van der Waals surface area contributed by atoms with Gasteiger partial charge in [-0.1, -0.05) is 12.1 Å². The summed E-state index contributed by atoms with van der Waals surface area (Å²) in [5, 5.41) is 0. The molecule has 1 saturated heterocycles. The zero-order chi connectivity index (χ0) is 19.3. The highest BCUT2D eigenvalue weighted by Gasteiger charge is 2.28. The lowest BCUT2D eigenvalue weighted by atomic mass is 9.91. The topological polar surface area (TPSA) is 132 Å². The van der Waals surface area contributed by atoms with Gasteiger partial charge in [-0.2, -0.15) is 4.99 Å².